The Morgan fingerprint density at radius 2 is 1.98 bits per heavy atom. The van der Waals surface area contributed by atoms with Crippen LogP contribution in [0.25, 0.3) is 10.9 Å². The number of hydrogen-bond donors (Lipinski definition) is 3. The van der Waals surface area contributed by atoms with Gasteiger partial charge in [0.15, 0.2) is 0 Å². The van der Waals surface area contributed by atoms with Gasteiger partial charge in [-0.1, -0.05) is 49.4 Å². The number of hydrogen-bond acceptors (Lipinski definition) is 6. The maximum atomic E-state index is 14.4. The van der Waals surface area contributed by atoms with Gasteiger partial charge in [0.2, 0.25) is 17.5 Å². The summed E-state index contributed by atoms with van der Waals surface area (Å²) >= 11 is 0. The Balaban J connectivity index is 1.10. The van der Waals surface area contributed by atoms with Gasteiger partial charge in [0.05, 0.1) is 5.92 Å². The van der Waals surface area contributed by atoms with Gasteiger partial charge in [-0.3, -0.25) is 24.0 Å². The number of ether oxygens (including phenoxy) is 1. The number of carbonyl (C=O) groups is 3. The zero-order valence-electron chi connectivity index (χ0n) is 25.2. The molecule has 0 spiro atoms. The highest BCUT2D eigenvalue weighted by Crippen LogP contribution is 2.48. The number of aliphatic hydroxyl groups is 1. The third-order valence-electron chi connectivity index (χ3n) is 11.0. The summed E-state index contributed by atoms with van der Waals surface area (Å²) in [6.45, 7) is 2.83. The lowest BCUT2D eigenvalue weighted by molar-refractivity contribution is -0.317. The summed E-state index contributed by atoms with van der Waals surface area (Å²) in [6.07, 6.45) is 5.27. The summed E-state index contributed by atoms with van der Waals surface area (Å²) < 4.78 is 6.40. The normalized spacial score (nSPS) is 34.7. The molecule has 3 amide bonds. The number of rotatable bonds is 5. The van der Waals surface area contributed by atoms with Gasteiger partial charge in [0.1, 0.15) is 12.1 Å². The highest BCUT2D eigenvalue weighted by Gasteiger charge is 2.70. The molecule has 1 aromatic heterocycles. The third-order valence-corrected chi connectivity index (χ3v) is 11.0. The Morgan fingerprint density at radius 1 is 1.16 bits per heavy atom. The molecule has 0 saturated carbocycles. The molecule has 230 valence electrons. The Bertz CT molecular complexity index is 1660. The number of likely N-dealkylation sites (N-methyl/N-ethyl adjacent to an activating group) is 1. The first-order chi connectivity index (χ1) is 21.2. The number of aromatic amines is 1. The SMILES string of the molecule is CC[C@@]1(NC(=O)[C@@H]2CC3c4cccc5[nH]cc(c45)C[C@H]3N(C)C2)O[C@@]2(O)C3CCCN3C(=O)[C@H](Cc3ccccc3)N2C1=O. The first-order valence-electron chi connectivity index (χ1n) is 16.0. The van der Waals surface area contributed by atoms with Crippen LogP contribution in [0.5, 0.6) is 0 Å². The van der Waals surface area contributed by atoms with Crippen molar-refractivity contribution in [3.05, 3.63) is 71.4 Å². The lowest BCUT2D eigenvalue weighted by Crippen LogP contribution is -2.71. The van der Waals surface area contributed by atoms with Crippen LogP contribution in [0.15, 0.2) is 54.7 Å². The molecule has 5 heterocycles. The number of H-pyrrole nitrogens is 1. The average molecular weight is 598 g/mol. The average Bonchev–Trinajstić information content (AvgIpc) is 3.74. The molecule has 0 radical (unpaired) electrons. The van der Waals surface area contributed by atoms with E-state index in [0.717, 1.165) is 17.5 Å². The van der Waals surface area contributed by atoms with Crippen molar-refractivity contribution >= 4 is 28.6 Å². The van der Waals surface area contributed by atoms with Gasteiger partial charge in [-0.05, 0) is 55.5 Å². The second-order valence-electron chi connectivity index (χ2n) is 13.3. The van der Waals surface area contributed by atoms with Gasteiger partial charge in [-0.25, -0.2) is 0 Å². The number of likely N-dealkylation sites (tertiary alicyclic amines) is 1. The number of fused-ring (bicyclic) bond motifs is 5. The molecule has 2 aromatic carbocycles. The summed E-state index contributed by atoms with van der Waals surface area (Å²) in [5.74, 6) is -3.25. The highest BCUT2D eigenvalue weighted by atomic mass is 16.7. The molecule has 1 aliphatic carbocycles. The van der Waals surface area contributed by atoms with Crippen LogP contribution >= 0.6 is 0 Å². The van der Waals surface area contributed by atoms with E-state index in [-0.39, 0.29) is 42.5 Å². The Kier molecular flexibility index (Phi) is 6.25. The molecule has 10 heteroatoms. The number of piperazine rings is 1. The second kappa shape index (κ2) is 9.89. The molecule has 4 saturated heterocycles. The zero-order chi connectivity index (χ0) is 30.4. The molecule has 44 heavy (non-hydrogen) atoms. The second-order valence-corrected chi connectivity index (χ2v) is 13.3. The van der Waals surface area contributed by atoms with Crippen molar-refractivity contribution in [3.8, 4) is 0 Å². The quantitative estimate of drug-likeness (QED) is 0.416. The molecule has 7 atom stereocenters. The molecular weight excluding hydrogens is 558 g/mol. The number of nitrogens with one attached hydrogen (secondary N) is 2. The minimum atomic E-state index is -2.03. The van der Waals surface area contributed by atoms with Crippen LogP contribution in [-0.2, 0) is 32.0 Å². The number of amides is 3. The van der Waals surface area contributed by atoms with E-state index < -0.39 is 29.6 Å². The van der Waals surface area contributed by atoms with Crippen molar-refractivity contribution in [2.75, 3.05) is 20.1 Å². The standard InChI is InChI=1S/C34H39N5O5/c1-3-33(36-30(40)22-16-24-23-11-7-12-25-29(23)21(18-35-25)17-26(24)37(2)19-22)32(42)39-27(15-20-9-5-4-6-10-20)31(41)38-14-8-13-28(38)34(39,43)44-33/h4-7,9-12,18,22,24,26-28,35,43H,3,8,13-17,19H2,1-2H3,(H,36,40)/t22-,24?,26-,27+,28?,33-,34+/m1/s1. The van der Waals surface area contributed by atoms with Crippen LogP contribution in [0, 0.1) is 5.92 Å². The Hall–Kier alpha value is -3.73. The van der Waals surface area contributed by atoms with Gasteiger partial charge in [-0.15, -0.1) is 0 Å². The first kappa shape index (κ1) is 27.8. The summed E-state index contributed by atoms with van der Waals surface area (Å²) in [4.78, 5) is 50.9. The fraction of sp³-hybridized carbons (Fsp3) is 0.500. The molecule has 8 rings (SSSR count). The number of piperidine rings is 1. The van der Waals surface area contributed by atoms with E-state index in [1.54, 1.807) is 11.8 Å². The van der Waals surface area contributed by atoms with E-state index in [1.807, 2.05) is 30.3 Å². The first-order valence-corrected chi connectivity index (χ1v) is 16.0. The van der Waals surface area contributed by atoms with Gasteiger partial charge in [-0.2, -0.15) is 0 Å². The molecule has 4 fully saturated rings. The predicted molar refractivity (Wildman–Crippen MR) is 162 cm³/mol. The molecule has 4 aliphatic heterocycles. The van der Waals surface area contributed by atoms with Crippen molar-refractivity contribution < 1.29 is 24.2 Å². The van der Waals surface area contributed by atoms with Crippen molar-refractivity contribution in [3.63, 3.8) is 0 Å². The van der Waals surface area contributed by atoms with Crippen molar-refractivity contribution in [2.24, 2.45) is 5.92 Å². The Labute approximate surface area is 256 Å². The van der Waals surface area contributed by atoms with E-state index in [1.165, 1.54) is 21.4 Å². The predicted octanol–water partition coefficient (Wildman–Crippen LogP) is 2.47. The molecule has 3 aromatic rings. The van der Waals surface area contributed by atoms with Crippen LogP contribution in [0.3, 0.4) is 0 Å². The summed E-state index contributed by atoms with van der Waals surface area (Å²) in [5.41, 5.74) is 2.80. The topological polar surface area (TPSA) is 118 Å². The monoisotopic (exact) mass is 597 g/mol. The van der Waals surface area contributed by atoms with Gasteiger partial charge in [0.25, 0.3) is 11.8 Å². The molecular formula is C34H39N5O5. The van der Waals surface area contributed by atoms with Crippen LogP contribution in [-0.4, -0.2) is 92.4 Å². The summed E-state index contributed by atoms with van der Waals surface area (Å²) in [6, 6.07) is 14.5. The minimum absolute atomic E-state index is 0.121. The largest absolute Gasteiger partial charge is 0.361 e. The third kappa shape index (κ3) is 3.87. The number of nitrogens with zero attached hydrogens (tertiary/aromatic N) is 3. The van der Waals surface area contributed by atoms with E-state index in [2.05, 4.69) is 46.6 Å². The highest BCUT2D eigenvalue weighted by molar-refractivity contribution is 5.97. The van der Waals surface area contributed by atoms with Crippen LogP contribution < -0.4 is 5.32 Å². The number of benzene rings is 2. The molecule has 5 aliphatic rings. The molecule has 2 unspecified atom stereocenters. The molecule has 10 nitrogen and oxygen atoms in total. The van der Waals surface area contributed by atoms with Gasteiger partial charge < -0.3 is 25.2 Å². The Morgan fingerprint density at radius 3 is 2.77 bits per heavy atom. The van der Waals surface area contributed by atoms with E-state index in [4.69, 9.17) is 4.74 Å². The molecule has 3 N–H and O–H groups in total. The van der Waals surface area contributed by atoms with Crippen LogP contribution in [0.2, 0.25) is 0 Å². The van der Waals surface area contributed by atoms with E-state index in [0.29, 0.717) is 32.4 Å². The molecule has 0 bridgehead atoms. The van der Waals surface area contributed by atoms with Crippen LogP contribution in [0.1, 0.15) is 55.2 Å². The van der Waals surface area contributed by atoms with Gasteiger partial charge in [0, 0.05) is 55.0 Å². The van der Waals surface area contributed by atoms with Gasteiger partial charge >= 0.3 is 0 Å². The van der Waals surface area contributed by atoms with E-state index in [9.17, 15) is 19.5 Å². The smallest absolute Gasteiger partial charge is 0.281 e. The fourth-order valence-electron chi connectivity index (χ4n) is 8.85. The number of aromatic nitrogens is 1. The maximum absolute atomic E-state index is 14.4. The summed E-state index contributed by atoms with van der Waals surface area (Å²) in [7, 11) is 2.07. The van der Waals surface area contributed by atoms with Crippen molar-refractivity contribution in [1.82, 2.24) is 25.0 Å². The minimum Gasteiger partial charge on any atom is -0.361 e. The number of carbonyl (C=O) groups excluding carboxylic acids is 3. The maximum Gasteiger partial charge on any atom is 0.281 e. The fourth-order valence-corrected chi connectivity index (χ4v) is 8.85. The van der Waals surface area contributed by atoms with Crippen molar-refractivity contribution in [2.45, 2.75) is 81.1 Å². The summed E-state index contributed by atoms with van der Waals surface area (Å²) in [5, 5.41) is 16.5. The van der Waals surface area contributed by atoms with E-state index >= 15 is 0 Å². The van der Waals surface area contributed by atoms with Crippen LogP contribution in [0.4, 0.5) is 0 Å². The lowest BCUT2D eigenvalue weighted by atomic mass is 9.72. The lowest BCUT2D eigenvalue weighted by Gasteiger charge is -2.48. The zero-order valence-corrected chi connectivity index (χ0v) is 25.2. The van der Waals surface area contributed by atoms with Crippen molar-refractivity contribution in [1.29, 1.82) is 0 Å².